The lowest BCUT2D eigenvalue weighted by molar-refractivity contribution is -0.139. The highest BCUT2D eigenvalue weighted by Gasteiger charge is 2.33. The van der Waals surface area contributed by atoms with Crippen LogP contribution in [0.1, 0.15) is 18.5 Å². The largest absolute Gasteiger partial charge is 0.463 e. The lowest BCUT2D eigenvalue weighted by Crippen LogP contribution is -2.46. The van der Waals surface area contributed by atoms with Gasteiger partial charge in [-0.15, -0.1) is 0 Å². The van der Waals surface area contributed by atoms with Crippen LogP contribution in [0.15, 0.2) is 65.2 Å². The van der Waals surface area contributed by atoms with Gasteiger partial charge in [0.15, 0.2) is 0 Å². The molecule has 26 heavy (non-hydrogen) atoms. The summed E-state index contributed by atoms with van der Waals surface area (Å²) < 4.78 is 5.23. The summed E-state index contributed by atoms with van der Waals surface area (Å²) >= 11 is 1.38. The highest BCUT2D eigenvalue weighted by molar-refractivity contribution is 7.99. The fraction of sp³-hybridized carbons (Fsp3) is 0.222. The molecule has 1 atom stereocenters. The molecule has 1 aromatic heterocycles. The van der Waals surface area contributed by atoms with Gasteiger partial charge >= 0.3 is 12.0 Å². The number of nitrogens with zero attached hydrogens (tertiary/aromatic N) is 2. The van der Waals surface area contributed by atoms with E-state index in [9.17, 15) is 9.59 Å². The van der Waals surface area contributed by atoms with Gasteiger partial charge in [0, 0.05) is 23.8 Å². The van der Waals surface area contributed by atoms with E-state index in [0.29, 0.717) is 22.0 Å². The number of rotatable bonds is 6. The molecule has 0 spiro atoms. The van der Waals surface area contributed by atoms with Crippen molar-refractivity contribution in [3.05, 3.63) is 65.8 Å². The maximum Gasteiger partial charge on any atom is 0.338 e. The van der Waals surface area contributed by atoms with E-state index in [1.54, 1.807) is 25.5 Å². The number of carbonyl (C=O) groups excluding carboxylic acids is 2. The molecular formula is C18H18N4O3S. The molecule has 0 saturated heterocycles. The summed E-state index contributed by atoms with van der Waals surface area (Å²) in [6.45, 7) is 2.00. The number of ether oxygens (including phenoxy) is 1. The van der Waals surface area contributed by atoms with E-state index in [1.807, 2.05) is 30.3 Å². The molecule has 1 aliphatic rings. The van der Waals surface area contributed by atoms with Crippen molar-refractivity contribution in [1.82, 2.24) is 20.6 Å². The van der Waals surface area contributed by atoms with Crippen molar-refractivity contribution in [2.24, 2.45) is 0 Å². The minimum absolute atomic E-state index is 0.252. The van der Waals surface area contributed by atoms with Crippen LogP contribution in [0.25, 0.3) is 0 Å². The van der Waals surface area contributed by atoms with Crippen molar-refractivity contribution in [1.29, 1.82) is 0 Å². The average Bonchev–Trinajstić information content (AvgIpc) is 2.67. The van der Waals surface area contributed by atoms with Crippen molar-refractivity contribution in [3.63, 3.8) is 0 Å². The first-order valence-corrected chi connectivity index (χ1v) is 9.09. The van der Waals surface area contributed by atoms with Gasteiger partial charge < -0.3 is 15.4 Å². The first-order valence-electron chi connectivity index (χ1n) is 8.10. The molecule has 0 saturated carbocycles. The Bertz CT molecular complexity index is 812. The number of aromatic nitrogens is 2. The number of hydrogen-bond acceptors (Lipinski definition) is 6. The quantitative estimate of drug-likeness (QED) is 0.599. The summed E-state index contributed by atoms with van der Waals surface area (Å²) in [6.07, 6.45) is 4.81. The Morgan fingerprint density at radius 1 is 1.27 bits per heavy atom. The zero-order chi connectivity index (χ0) is 18.4. The zero-order valence-electron chi connectivity index (χ0n) is 14.1. The van der Waals surface area contributed by atoms with Gasteiger partial charge in [0.25, 0.3) is 0 Å². The van der Waals surface area contributed by atoms with Gasteiger partial charge in [0.05, 0.1) is 24.4 Å². The zero-order valence-corrected chi connectivity index (χ0v) is 15.0. The third kappa shape index (κ3) is 4.20. The van der Waals surface area contributed by atoms with Gasteiger partial charge in [0.1, 0.15) is 5.03 Å². The van der Waals surface area contributed by atoms with Crippen LogP contribution in [0.4, 0.5) is 4.79 Å². The molecule has 1 aromatic carbocycles. The van der Waals surface area contributed by atoms with Crippen molar-refractivity contribution >= 4 is 23.8 Å². The summed E-state index contributed by atoms with van der Waals surface area (Å²) in [6, 6.07) is 8.40. The molecule has 0 bridgehead atoms. The van der Waals surface area contributed by atoms with E-state index in [2.05, 4.69) is 20.6 Å². The first kappa shape index (κ1) is 17.9. The molecule has 7 nitrogen and oxygen atoms in total. The van der Waals surface area contributed by atoms with Crippen LogP contribution in [0.5, 0.6) is 0 Å². The van der Waals surface area contributed by atoms with Gasteiger partial charge in [-0.1, -0.05) is 42.1 Å². The molecule has 1 unspecified atom stereocenters. The highest BCUT2D eigenvalue weighted by Crippen LogP contribution is 2.30. The van der Waals surface area contributed by atoms with E-state index in [1.165, 1.54) is 11.8 Å². The number of esters is 1. The number of thioether (sulfide) groups is 1. The fourth-order valence-corrected chi connectivity index (χ4v) is 3.37. The molecule has 0 fully saturated rings. The van der Waals surface area contributed by atoms with Crippen molar-refractivity contribution in [3.8, 4) is 0 Å². The Hall–Kier alpha value is -2.87. The van der Waals surface area contributed by atoms with E-state index in [4.69, 9.17) is 4.74 Å². The number of carbonyl (C=O) groups is 2. The van der Waals surface area contributed by atoms with Crippen molar-refractivity contribution < 1.29 is 14.3 Å². The van der Waals surface area contributed by atoms with Crippen molar-refractivity contribution in [2.75, 3.05) is 12.4 Å². The molecule has 134 valence electrons. The van der Waals surface area contributed by atoms with Gasteiger partial charge in [-0.3, -0.25) is 4.98 Å². The summed E-state index contributed by atoms with van der Waals surface area (Å²) in [5, 5.41) is 6.24. The van der Waals surface area contributed by atoms with E-state index in [0.717, 1.165) is 5.56 Å². The Morgan fingerprint density at radius 3 is 2.77 bits per heavy atom. The van der Waals surface area contributed by atoms with Crippen LogP contribution in [-0.2, 0) is 9.53 Å². The Balaban J connectivity index is 1.95. The Morgan fingerprint density at radius 2 is 2.08 bits per heavy atom. The third-order valence-electron chi connectivity index (χ3n) is 3.69. The van der Waals surface area contributed by atoms with Crippen molar-refractivity contribution in [2.45, 2.75) is 18.0 Å². The molecule has 8 heteroatoms. The molecular weight excluding hydrogens is 352 g/mol. The van der Waals surface area contributed by atoms with E-state index in [-0.39, 0.29) is 12.6 Å². The minimum atomic E-state index is -0.568. The van der Waals surface area contributed by atoms with Crippen LogP contribution < -0.4 is 10.6 Å². The second kappa shape index (κ2) is 8.48. The van der Waals surface area contributed by atoms with Crippen LogP contribution in [0, 0.1) is 0 Å². The van der Waals surface area contributed by atoms with Crippen LogP contribution in [0.2, 0.25) is 0 Å². The molecule has 2 aromatic rings. The molecule has 1 aliphatic heterocycles. The van der Waals surface area contributed by atoms with Gasteiger partial charge in [-0.25, -0.2) is 14.6 Å². The Labute approximate surface area is 155 Å². The lowest BCUT2D eigenvalue weighted by Gasteiger charge is -2.29. The highest BCUT2D eigenvalue weighted by atomic mass is 32.2. The molecule has 3 rings (SSSR count). The van der Waals surface area contributed by atoms with Gasteiger partial charge in [0.2, 0.25) is 0 Å². The smallest absolute Gasteiger partial charge is 0.338 e. The summed E-state index contributed by atoms with van der Waals surface area (Å²) in [4.78, 5) is 33.0. The average molecular weight is 370 g/mol. The van der Waals surface area contributed by atoms with Gasteiger partial charge in [-0.05, 0) is 12.5 Å². The maximum atomic E-state index is 12.6. The number of urea groups is 1. The fourth-order valence-electron chi connectivity index (χ4n) is 2.58. The molecule has 2 N–H and O–H groups in total. The third-order valence-corrected chi connectivity index (χ3v) is 4.63. The Kier molecular flexibility index (Phi) is 5.85. The van der Waals surface area contributed by atoms with Crippen LogP contribution >= 0.6 is 11.8 Å². The van der Waals surface area contributed by atoms with Crippen LogP contribution in [0.3, 0.4) is 0 Å². The summed E-state index contributed by atoms with van der Waals surface area (Å²) in [5.74, 6) is -0.0903. The first-order chi connectivity index (χ1) is 12.7. The number of benzene rings is 1. The van der Waals surface area contributed by atoms with E-state index >= 15 is 0 Å². The monoisotopic (exact) mass is 370 g/mol. The number of nitrogens with one attached hydrogen (secondary N) is 2. The minimum Gasteiger partial charge on any atom is -0.463 e. The normalized spacial score (nSPS) is 16.7. The van der Waals surface area contributed by atoms with Crippen LogP contribution in [-0.4, -0.2) is 34.3 Å². The topological polar surface area (TPSA) is 93.2 Å². The standard InChI is InChI=1S/C18H18N4O3S/c1-2-25-17(23)15-13(11-26-14-10-19-8-9-20-14)21-18(24)22-16(15)12-6-4-3-5-7-12/h3-10,16H,2,11H2,1H3,(H2,21,22,24). The SMILES string of the molecule is CCOC(=O)C1=C(CSc2cnccn2)NC(=O)NC1c1ccccc1. The predicted molar refractivity (Wildman–Crippen MR) is 97.3 cm³/mol. The maximum absolute atomic E-state index is 12.6. The predicted octanol–water partition coefficient (Wildman–Crippen LogP) is 2.44. The lowest BCUT2D eigenvalue weighted by atomic mass is 9.95. The molecule has 0 aliphatic carbocycles. The summed E-state index contributed by atoms with van der Waals surface area (Å²) in [5.41, 5.74) is 1.72. The number of hydrogen-bond donors (Lipinski definition) is 2. The second-order valence-electron chi connectivity index (χ2n) is 5.39. The molecule has 2 heterocycles. The number of amides is 2. The van der Waals surface area contributed by atoms with E-state index < -0.39 is 12.0 Å². The second-order valence-corrected chi connectivity index (χ2v) is 6.38. The van der Waals surface area contributed by atoms with Gasteiger partial charge in [-0.2, -0.15) is 0 Å². The summed E-state index contributed by atoms with van der Waals surface area (Å²) in [7, 11) is 0. The molecule has 0 radical (unpaired) electrons. The molecule has 2 amide bonds.